The first-order valence-corrected chi connectivity index (χ1v) is 7.15. The zero-order chi connectivity index (χ0) is 13.9. The molecule has 1 rings (SSSR count). The molecule has 0 saturated heterocycles. The van der Waals surface area contributed by atoms with Crippen LogP contribution in [0.3, 0.4) is 0 Å². The molecule has 0 aromatic heterocycles. The van der Waals surface area contributed by atoms with Gasteiger partial charge in [0.1, 0.15) is 0 Å². The summed E-state index contributed by atoms with van der Waals surface area (Å²) in [6.45, 7) is 8.47. The smallest absolute Gasteiger partial charge is 0.254 e. The quantitative estimate of drug-likeness (QED) is 0.813. The van der Waals surface area contributed by atoms with Crippen molar-refractivity contribution in [3.05, 3.63) is 33.8 Å². The predicted octanol–water partition coefficient (Wildman–Crippen LogP) is 4.26. The minimum atomic E-state index is 0.0787. The fourth-order valence-corrected chi connectivity index (χ4v) is 2.69. The van der Waals surface area contributed by atoms with Gasteiger partial charge in [0.2, 0.25) is 0 Å². The number of rotatable bonds is 4. The van der Waals surface area contributed by atoms with E-state index in [1.54, 1.807) is 0 Å². The molecule has 1 amide bonds. The van der Waals surface area contributed by atoms with Gasteiger partial charge in [0.25, 0.3) is 5.91 Å². The maximum absolute atomic E-state index is 12.4. The Kier molecular flexibility index (Phi) is 5.39. The summed E-state index contributed by atoms with van der Waals surface area (Å²) >= 11 is 3.47. The average Bonchev–Trinajstić information content (AvgIpc) is 2.26. The van der Waals surface area contributed by atoms with E-state index in [9.17, 15) is 4.79 Å². The molecular formula is C15H22BrNO. The van der Waals surface area contributed by atoms with Crippen LogP contribution in [0.2, 0.25) is 0 Å². The number of amides is 1. The fourth-order valence-electron chi connectivity index (χ4n) is 2.02. The Bertz CT molecular complexity index is 429. The lowest BCUT2D eigenvalue weighted by atomic mass is 10.0. The number of halogens is 1. The van der Waals surface area contributed by atoms with Crippen molar-refractivity contribution in [1.29, 1.82) is 0 Å². The standard InChI is InChI=1S/C15H22BrNO/c1-10(2)8-12(4)17(5)15(18)13-7-6-11(3)9-14(13)16/h6-7,9-10,12H,8H2,1-5H3. The van der Waals surface area contributed by atoms with Crippen LogP contribution in [0.15, 0.2) is 22.7 Å². The van der Waals surface area contributed by atoms with Crippen LogP contribution in [0.25, 0.3) is 0 Å². The van der Waals surface area contributed by atoms with Gasteiger partial charge in [0.15, 0.2) is 0 Å². The summed E-state index contributed by atoms with van der Waals surface area (Å²) in [6.07, 6.45) is 1.02. The Morgan fingerprint density at radius 1 is 1.33 bits per heavy atom. The van der Waals surface area contributed by atoms with Crippen LogP contribution in [0.5, 0.6) is 0 Å². The molecule has 0 bridgehead atoms. The third-order valence-electron chi connectivity index (χ3n) is 3.15. The third kappa shape index (κ3) is 3.84. The SMILES string of the molecule is Cc1ccc(C(=O)N(C)C(C)CC(C)C)c(Br)c1. The minimum absolute atomic E-state index is 0.0787. The fraction of sp³-hybridized carbons (Fsp3) is 0.533. The van der Waals surface area contributed by atoms with E-state index in [-0.39, 0.29) is 11.9 Å². The van der Waals surface area contributed by atoms with Gasteiger partial charge in [0, 0.05) is 17.6 Å². The zero-order valence-electron chi connectivity index (χ0n) is 11.8. The lowest BCUT2D eigenvalue weighted by Gasteiger charge is -2.26. The van der Waals surface area contributed by atoms with Crippen molar-refractivity contribution in [2.24, 2.45) is 5.92 Å². The first-order valence-electron chi connectivity index (χ1n) is 6.36. The largest absolute Gasteiger partial charge is 0.339 e. The molecule has 2 nitrogen and oxygen atoms in total. The van der Waals surface area contributed by atoms with Gasteiger partial charge >= 0.3 is 0 Å². The van der Waals surface area contributed by atoms with Gasteiger partial charge in [-0.3, -0.25) is 4.79 Å². The number of nitrogens with zero attached hydrogens (tertiary/aromatic N) is 1. The van der Waals surface area contributed by atoms with Crippen LogP contribution in [-0.4, -0.2) is 23.9 Å². The summed E-state index contributed by atoms with van der Waals surface area (Å²) in [7, 11) is 1.88. The monoisotopic (exact) mass is 311 g/mol. The molecule has 0 aliphatic carbocycles. The maximum Gasteiger partial charge on any atom is 0.254 e. The molecule has 3 heteroatoms. The van der Waals surface area contributed by atoms with E-state index in [0.29, 0.717) is 5.92 Å². The highest BCUT2D eigenvalue weighted by atomic mass is 79.9. The summed E-state index contributed by atoms with van der Waals surface area (Å²) in [5.41, 5.74) is 1.88. The molecular weight excluding hydrogens is 290 g/mol. The van der Waals surface area contributed by atoms with Gasteiger partial charge in [0.05, 0.1) is 5.56 Å². The normalized spacial score (nSPS) is 12.6. The molecule has 0 fully saturated rings. The number of carbonyl (C=O) groups is 1. The van der Waals surface area contributed by atoms with E-state index in [2.05, 4.69) is 36.7 Å². The summed E-state index contributed by atoms with van der Waals surface area (Å²) in [6, 6.07) is 6.10. The highest BCUT2D eigenvalue weighted by Gasteiger charge is 2.20. The number of hydrogen-bond acceptors (Lipinski definition) is 1. The van der Waals surface area contributed by atoms with Crippen LogP contribution in [0.1, 0.15) is 43.1 Å². The molecule has 0 saturated carbocycles. The van der Waals surface area contributed by atoms with Crippen LogP contribution in [0.4, 0.5) is 0 Å². The Morgan fingerprint density at radius 2 is 1.94 bits per heavy atom. The average molecular weight is 312 g/mol. The summed E-state index contributed by atoms with van der Waals surface area (Å²) in [4.78, 5) is 14.2. The zero-order valence-corrected chi connectivity index (χ0v) is 13.4. The Labute approximate surface area is 119 Å². The van der Waals surface area contributed by atoms with Gasteiger partial charge in [-0.1, -0.05) is 19.9 Å². The molecule has 1 unspecified atom stereocenters. The van der Waals surface area contributed by atoms with Crippen LogP contribution in [-0.2, 0) is 0 Å². The molecule has 1 atom stereocenters. The number of carbonyl (C=O) groups excluding carboxylic acids is 1. The summed E-state index contributed by atoms with van der Waals surface area (Å²) in [5.74, 6) is 0.673. The van der Waals surface area contributed by atoms with Crippen molar-refractivity contribution < 1.29 is 4.79 Å². The van der Waals surface area contributed by atoms with E-state index in [0.717, 1.165) is 22.0 Å². The van der Waals surface area contributed by atoms with Crippen LogP contribution in [0, 0.1) is 12.8 Å². The van der Waals surface area contributed by atoms with E-state index >= 15 is 0 Å². The highest BCUT2D eigenvalue weighted by Crippen LogP contribution is 2.21. The van der Waals surface area contributed by atoms with Crippen LogP contribution < -0.4 is 0 Å². The maximum atomic E-state index is 12.4. The molecule has 0 aliphatic heterocycles. The Hall–Kier alpha value is -0.830. The van der Waals surface area contributed by atoms with Gasteiger partial charge in [-0.05, 0) is 59.8 Å². The van der Waals surface area contributed by atoms with E-state index < -0.39 is 0 Å². The lowest BCUT2D eigenvalue weighted by molar-refractivity contribution is 0.0727. The van der Waals surface area contributed by atoms with Crippen molar-refractivity contribution in [3.63, 3.8) is 0 Å². The van der Waals surface area contributed by atoms with Crippen molar-refractivity contribution in [2.45, 2.75) is 40.2 Å². The van der Waals surface area contributed by atoms with Gasteiger partial charge in [-0.15, -0.1) is 0 Å². The molecule has 0 heterocycles. The van der Waals surface area contributed by atoms with Gasteiger partial charge in [-0.2, -0.15) is 0 Å². The number of aryl methyl sites for hydroxylation is 1. The molecule has 18 heavy (non-hydrogen) atoms. The Morgan fingerprint density at radius 3 is 2.44 bits per heavy atom. The molecule has 100 valence electrons. The summed E-state index contributed by atoms with van der Waals surface area (Å²) in [5, 5.41) is 0. The molecule has 0 N–H and O–H groups in total. The van der Waals surface area contributed by atoms with Crippen molar-refractivity contribution in [1.82, 2.24) is 4.90 Å². The minimum Gasteiger partial charge on any atom is -0.339 e. The van der Waals surface area contributed by atoms with E-state index in [4.69, 9.17) is 0 Å². The third-order valence-corrected chi connectivity index (χ3v) is 3.81. The molecule has 1 aromatic rings. The van der Waals surface area contributed by atoms with Crippen molar-refractivity contribution in [2.75, 3.05) is 7.05 Å². The van der Waals surface area contributed by atoms with E-state index in [1.165, 1.54) is 0 Å². The lowest BCUT2D eigenvalue weighted by Crippen LogP contribution is -2.36. The summed E-state index contributed by atoms with van der Waals surface area (Å²) < 4.78 is 0.871. The molecule has 1 aromatic carbocycles. The molecule has 0 radical (unpaired) electrons. The number of benzene rings is 1. The van der Waals surface area contributed by atoms with Crippen molar-refractivity contribution in [3.8, 4) is 0 Å². The van der Waals surface area contributed by atoms with E-state index in [1.807, 2.05) is 37.1 Å². The van der Waals surface area contributed by atoms with Crippen molar-refractivity contribution >= 4 is 21.8 Å². The second-order valence-electron chi connectivity index (χ2n) is 5.38. The highest BCUT2D eigenvalue weighted by molar-refractivity contribution is 9.10. The number of hydrogen-bond donors (Lipinski definition) is 0. The van der Waals surface area contributed by atoms with Gasteiger partial charge < -0.3 is 4.90 Å². The van der Waals surface area contributed by atoms with Crippen LogP contribution >= 0.6 is 15.9 Å². The second-order valence-corrected chi connectivity index (χ2v) is 6.23. The molecule has 0 aliphatic rings. The first kappa shape index (κ1) is 15.2. The first-order chi connectivity index (χ1) is 8.32. The predicted molar refractivity (Wildman–Crippen MR) is 79.9 cm³/mol. The second kappa shape index (κ2) is 6.37. The van der Waals surface area contributed by atoms with Gasteiger partial charge in [-0.25, -0.2) is 0 Å². The topological polar surface area (TPSA) is 20.3 Å². The molecule has 0 spiro atoms. The Balaban J connectivity index is 2.86.